The van der Waals surface area contributed by atoms with Gasteiger partial charge >= 0.3 is 5.97 Å². The molecule has 6 heteroatoms. The summed E-state index contributed by atoms with van der Waals surface area (Å²) >= 11 is 3.39. The van der Waals surface area contributed by atoms with Crippen molar-refractivity contribution in [2.45, 2.75) is 19.3 Å². The van der Waals surface area contributed by atoms with Crippen molar-refractivity contribution in [2.75, 3.05) is 13.2 Å². The van der Waals surface area contributed by atoms with Gasteiger partial charge < -0.3 is 14.6 Å². The van der Waals surface area contributed by atoms with E-state index in [9.17, 15) is 9.59 Å². The van der Waals surface area contributed by atoms with Gasteiger partial charge in [-0.05, 0) is 18.9 Å². The molecule has 1 aromatic carbocycles. The summed E-state index contributed by atoms with van der Waals surface area (Å²) in [4.78, 5) is 21.6. The van der Waals surface area contributed by atoms with Gasteiger partial charge in [-0.15, -0.1) is 0 Å². The van der Waals surface area contributed by atoms with Crippen molar-refractivity contribution in [1.29, 1.82) is 0 Å². The fraction of sp³-hybridized carbons (Fsp3) is 0.385. The summed E-state index contributed by atoms with van der Waals surface area (Å²) in [5, 5.41) is 8.67. The zero-order valence-corrected chi connectivity index (χ0v) is 11.7. The Labute approximate surface area is 118 Å². The Morgan fingerprint density at radius 2 is 2.05 bits per heavy atom. The third kappa shape index (κ3) is 3.07. The molecule has 0 atom stereocenters. The zero-order chi connectivity index (χ0) is 13.8. The number of ether oxygens (including phenoxy) is 2. The molecule has 1 aromatic rings. The number of aldehydes is 1. The molecule has 1 aliphatic rings. The highest BCUT2D eigenvalue weighted by atomic mass is 79.9. The summed E-state index contributed by atoms with van der Waals surface area (Å²) in [6.07, 6.45) is 1.87. The van der Waals surface area contributed by atoms with Crippen LogP contribution in [0, 0.1) is 0 Å². The minimum absolute atomic E-state index is 0.0947. The molecular weight excluding hydrogens is 316 g/mol. The quantitative estimate of drug-likeness (QED) is 0.840. The number of carbonyl (C=O) groups is 2. The highest BCUT2D eigenvalue weighted by Crippen LogP contribution is 2.41. The van der Waals surface area contributed by atoms with Crippen LogP contribution in [0.15, 0.2) is 10.5 Å². The lowest BCUT2D eigenvalue weighted by Gasteiger charge is -2.23. The molecule has 0 bridgehead atoms. The van der Waals surface area contributed by atoms with E-state index in [0.29, 0.717) is 43.1 Å². The lowest BCUT2D eigenvalue weighted by atomic mass is 10.0. The van der Waals surface area contributed by atoms with E-state index in [-0.39, 0.29) is 6.42 Å². The molecule has 0 saturated heterocycles. The number of benzene rings is 1. The Bertz CT molecular complexity index is 512. The third-order valence-corrected chi connectivity index (χ3v) is 3.54. The first-order chi connectivity index (χ1) is 9.13. The van der Waals surface area contributed by atoms with Gasteiger partial charge in [0.2, 0.25) is 0 Å². The third-order valence-electron chi connectivity index (χ3n) is 2.83. The molecule has 0 aliphatic carbocycles. The first-order valence-corrected chi connectivity index (χ1v) is 6.70. The fourth-order valence-electron chi connectivity index (χ4n) is 1.99. The molecule has 0 unspecified atom stereocenters. The Morgan fingerprint density at radius 3 is 2.68 bits per heavy atom. The maximum absolute atomic E-state index is 11.0. The second-order valence-electron chi connectivity index (χ2n) is 4.15. The summed E-state index contributed by atoms with van der Waals surface area (Å²) in [5.74, 6) is 0.176. The first kappa shape index (κ1) is 13.9. The number of carbonyl (C=O) groups excluding carboxylic acids is 1. The summed E-state index contributed by atoms with van der Waals surface area (Å²) in [5.41, 5.74) is 1.28. The van der Waals surface area contributed by atoms with Gasteiger partial charge in [-0.25, -0.2) is 0 Å². The number of hydrogen-bond donors (Lipinski definition) is 1. The van der Waals surface area contributed by atoms with Gasteiger partial charge in [0.15, 0.2) is 17.8 Å². The second-order valence-corrected chi connectivity index (χ2v) is 5.00. The van der Waals surface area contributed by atoms with Gasteiger partial charge in [-0.1, -0.05) is 15.9 Å². The normalized spacial score (nSPS) is 13.1. The van der Waals surface area contributed by atoms with Crippen molar-refractivity contribution in [2.24, 2.45) is 0 Å². The van der Waals surface area contributed by atoms with Crippen molar-refractivity contribution in [3.8, 4) is 11.5 Å². The maximum atomic E-state index is 11.0. The Morgan fingerprint density at radius 1 is 1.37 bits per heavy atom. The predicted molar refractivity (Wildman–Crippen MR) is 71.1 cm³/mol. The number of aliphatic carboxylic acids is 1. The van der Waals surface area contributed by atoms with E-state index in [2.05, 4.69) is 15.9 Å². The van der Waals surface area contributed by atoms with Gasteiger partial charge in [0.1, 0.15) is 13.2 Å². The average Bonchev–Trinajstić information content (AvgIpc) is 2.40. The van der Waals surface area contributed by atoms with E-state index in [1.807, 2.05) is 0 Å². The first-order valence-electron chi connectivity index (χ1n) is 5.91. The molecule has 2 rings (SSSR count). The van der Waals surface area contributed by atoms with Crippen LogP contribution in [0.1, 0.15) is 28.8 Å². The minimum atomic E-state index is -0.827. The van der Waals surface area contributed by atoms with Crippen LogP contribution >= 0.6 is 15.9 Å². The second kappa shape index (κ2) is 6.06. The smallest absolute Gasteiger partial charge is 0.303 e. The van der Waals surface area contributed by atoms with E-state index in [1.165, 1.54) is 0 Å². The standard InChI is InChI=1S/C13H13BrO5/c14-10-6-8(7-15)12-13(19-5-4-18-12)9(10)2-1-3-11(16)17/h6-7H,1-5H2,(H,16,17). The molecule has 1 heterocycles. The lowest BCUT2D eigenvalue weighted by Crippen LogP contribution is -2.18. The predicted octanol–water partition coefficient (Wildman–Crippen LogP) is 2.44. The molecule has 19 heavy (non-hydrogen) atoms. The van der Waals surface area contributed by atoms with Crippen LogP contribution in [-0.2, 0) is 11.2 Å². The van der Waals surface area contributed by atoms with Crippen molar-refractivity contribution in [3.63, 3.8) is 0 Å². The monoisotopic (exact) mass is 328 g/mol. The Hall–Kier alpha value is -1.56. The van der Waals surface area contributed by atoms with Crippen molar-refractivity contribution >= 4 is 28.2 Å². The SMILES string of the molecule is O=Cc1cc(Br)c(CCCC(=O)O)c2c1OCCO2. The molecule has 5 nitrogen and oxygen atoms in total. The highest BCUT2D eigenvalue weighted by Gasteiger charge is 2.22. The fourth-order valence-corrected chi connectivity index (χ4v) is 2.62. The summed E-state index contributed by atoms with van der Waals surface area (Å²) < 4.78 is 11.8. The molecule has 0 amide bonds. The highest BCUT2D eigenvalue weighted by molar-refractivity contribution is 9.10. The van der Waals surface area contributed by atoms with Crippen LogP contribution in [0.25, 0.3) is 0 Å². The van der Waals surface area contributed by atoms with Gasteiger partial charge in [0.05, 0.1) is 5.56 Å². The summed E-state index contributed by atoms with van der Waals surface area (Å²) in [7, 11) is 0. The topological polar surface area (TPSA) is 72.8 Å². The Balaban J connectivity index is 2.31. The van der Waals surface area contributed by atoms with E-state index < -0.39 is 5.97 Å². The van der Waals surface area contributed by atoms with Gasteiger partial charge in [0.25, 0.3) is 0 Å². The summed E-state index contributed by atoms with van der Waals surface area (Å²) in [6, 6.07) is 1.68. The molecule has 0 radical (unpaired) electrons. The number of hydrogen-bond acceptors (Lipinski definition) is 4. The molecule has 0 spiro atoms. The van der Waals surface area contributed by atoms with Gasteiger partial charge in [-0.3, -0.25) is 9.59 Å². The number of rotatable bonds is 5. The van der Waals surface area contributed by atoms with Crippen molar-refractivity contribution < 1.29 is 24.2 Å². The molecule has 1 aliphatic heterocycles. The molecule has 102 valence electrons. The van der Waals surface area contributed by atoms with Crippen LogP contribution in [0.5, 0.6) is 11.5 Å². The maximum Gasteiger partial charge on any atom is 0.303 e. The van der Waals surface area contributed by atoms with Gasteiger partial charge in [0, 0.05) is 16.5 Å². The average molecular weight is 329 g/mol. The van der Waals surface area contributed by atoms with Gasteiger partial charge in [-0.2, -0.15) is 0 Å². The Kier molecular flexibility index (Phi) is 4.42. The van der Waals surface area contributed by atoms with Crippen LogP contribution in [0.4, 0.5) is 0 Å². The summed E-state index contributed by atoms with van der Waals surface area (Å²) in [6.45, 7) is 0.831. The minimum Gasteiger partial charge on any atom is -0.486 e. The van der Waals surface area contributed by atoms with E-state index >= 15 is 0 Å². The van der Waals surface area contributed by atoms with Crippen LogP contribution in [0.3, 0.4) is 0 Å². The number of halogens is 1. The molecule has 1 N–H and O–H groups in total. The van der Waals surface area contributed by atoms with E-state index in [1.54, 1.807) is 6.07 Å². The largest absolute Gasteiger partial charge is 0.486 e. The molecular formula is C13H13BrO5. The lowest BCUT2D eigenvalue weighted by molar-refractivity contribution is -0.137. The van der Waals surface area contributed by atoms with E-state index in [0.717, 1.165) is 16.3 Å². The molecule has 0 saturated carbocycles. The number of fused-ring (bicyclic) bond motifs is 1. The van der Waals surface area contributed by atoms with Crippen molar-refractivity contribution in [3.05, 3.63) is 21.7 Å². The van der Waals surface area contributed by atoms with E-state index in [4.69, 9.17) is 14.6 Å². The molecule has 0 aromatic heterocycles. The zero-order valence-electron chi connectivity index (χ0n) is 10.1. The van der Waals surface area contributed by atoms with Crippen LogP contribution in [0.2, 0.25) is 0 Å². The van der Waals surface area contributed by atoms with Crippen LogP contribution < -0.4 is 9.47 Å². The van der Waals surface area contributed by atoms with Crippen LogP contribution in [-0.4, -0.2) is 30.6 Å². The molecule has 0 fully saturated rings. The number of carboxylic acid groups (broad SMARTS) is 1. The van der Waals surface area contributed by atoms with Crippen molar-refractivity contribution in [1.82, 2.24) is 0 Å². The number of carboxylic acids is 1.